The highest BCUT2D eigenvalue weighted by Crippen LogP contribution is 2.33. The molecule has 0 spiro atoms. The molecule has 1 amide bonds. The van der Waals surface area contributed by atoms with Gasteiger partial charge in [-0.25, -0.2) is 8.78 Å². The molecule has 140 valence electrons. The molecule has 3 rings (SSSR count). The first kappa shape index (κ1) is 20.5. The van der Waals surface area contributed by atoms with Gasteiger partial charge >= 0.3 is 0 Å². The minimum atomic E-state index is -0.701. The minimum Gasteiger partial charge on any atom is -0.457 e. The van der Waals surface area contributed by atoms with Crippen molar-refractivity contribution in [2.45, 2.75) is 17.7 Å². The predicted octanol–water partition coefficient (Wildman–Crippen LogP) is 3.80. The van der Waals surface area contributed by atoms with Gasteiger partial charge in [0.1, 0.15) is 28.4 Å². The Kier molecular flexibility index (Phi) is 7.25. The van der Waals surface area contributed by atoms with Crippen LogP contribution in [0, 0.1) is 11.6 Å². The highest BCUT2D eigenvalue weighted by Gasteiger charge is 2.26. The average Bonchev–Trinajstić information content (AvgIpc) is 2.76. The van der Waals surface area contributed by atoms with Gasteiger partial charge in [-0.2, -0.15) is 0 Å². The maximum atomic E-state index is 13.2. The summed E-state index contributed by atoms with van der Waals surface area (Å²) in [5.74, 6) is -0.101. The lowest BCUT2D eigenvalue weighted by Gasteiger charge is -2.16. The lowest BCUT2D eigenvalue weighted by atomic mass is 10.1. The van der Waals surface area contributed by atoms with E-state index in [1.54, 1.807) is 36.0 Å². The van der Waals surface area contributed by atoms with Gasteiger partial charge in [-0.15, -0.1) is 24.2 Å². The van der Waals surface area contributed by atoms with E-state index in [1.807, 2.05) is 0 Å². The number of carbonyl (C=O) groups excluding carboxylic acids is 1. The minimum absolute atomic E-state index is 0. The van der Waals surface area contributed by atoms with Crippen molar-refractivity contribution in [1.82, 2.24) is 5.32 Å². The van der Waals surface area contributed by atoms with Crippen LogP contribution in [0.1, 0.15) is 17.2 Å². The smallest absolute Gasteiger partial charge is 0.237 e. The van der Waals surface area contributed by atoms with Gasteiger partial charge in [0.05, 0.1) is 0 Å². The Hall–Kier alpha value is -1.83. The van der Waals surface area contributed by atoms with Crippen LogP contribution in [0.5, 0.6) is 11.5 Å². The predicted molar refractivity (Wildman–Crippen MR) is 101 cm³/mol. The van der Waals surface area contributed by atoms with Gasteiger partial charge in [-0.3, -0.25) is 4.79 Å². The first-order valence-electron chi connectivity index (χ1n) is 7.91. The highest BCUT2D eigenvalue weighted by atomic mass is 35.5. The number of hydrogen-bond donors (Lipinski definition) is 2. The van der Waals surface area contributed by atoms with Crippen LogP contribution in [0.4, 0.5) is 8.78 Å². The number of benzene rings is 2. The summed E-state index contributed by atoms with van der Waals surface area (Å²) in [6.07, 6.45) is 0.843. The lowest BCUT2D eigenvalue weighted by Crippen LogP contribution is -2.40. The first-order chi connectivity index (χ1) is 12.0. The first-order valence-corrected chi connectivity index (χ1v) is 8.96. The summed E-state index contributed by atoms with van der Waals surface area (Å²) >= 11 is 1.57. The summed E-state index contributed by atoms with van der Waals surface area (Å²) < 4.78 is 31.9. The Labute approximate surface area is 160 Å². The fourth-order valence-electron chi connectivity index (χ4n) is 2.61. The van der Waals surface area contributed by atoms with E-state index in [0.717, 1.165) is 35.9 Å². The number of carbonyl (C=O) groups is 1. The molecule has 3 N–H and O–H groups in total. The number of thioether (sulfide) groups is 1. The van der Waals surface area contributed by atoms with Gasteiger partial charge in [-0.05, 0) is 29.9 Å². The monoisotopic (exact) mass is 400 g/mol. The summed E-state index contributed by atoms with van der Waals surface area (Å²) in [4.78, 5) is 12.3. The summed E-state index contributed by atoms with van der Waals surface area (Å²) in [6, 6.07) is 9.93. The Morgan fingerprint density at radius 1 is 1.12 bits per heavy atom. The molecular formula is C18H19ClF2N2O2S. The second-order valence-electron chi connectivity index (χ2n) is 5.76. The fourth-order valence-corrected chi connectivity index (χ4v) is 3.84. The van der Waals surface area contributed by atoms with Gasteiger partial charge in [0.15, 0.2) is 0 Å². The zero-order valence-corrected chi connectivity index (χ0v) is 15.4. The number of amides is 1. The Bertz CT molecular complexity index is 741. The molecular weight excluding hydrogens is 382 g/mol. The largest absolute Gasteiger partial charge is 0.457 e. The number of hydrogen-bond acceptors (Lipinski definition) is 4. The van der Waals surface area contributed by atoms with Crippen LogP contribution in [0.25, 0.3) is 0 Å². The van der Waals surface area contributed by atoms with Crippen molar-refractivity contribution >= 4 is 30.1 Å². The van der Waals surface area contributed by atoms with Crippen molar-refractivity contribution < 1.29 is 18.3 Å². The lowest BCUT2D eigenvalue weighted by molar-refractivity contribution is -0.121. The van der Waals surface area contributed by atoms with E-state index >= 15 is 0 Å². The van der Waals surface area contributed by atoms with Crippen molar-refractivity contribution in [1.29, 1.82) is 0 Å². The van der Waals surface area contributed by atoms with Crippen molar-refractivity contribution in [3.05, 3.63) is 59.7 Å². The van der Waals surface area contributed by atoms with Gasteiger partial charge in [0.25, 0.3) is 0 Å². The molecule has 0 radical (unpaired) electrons. The molecule has 8 heteroatoms. The summed E-state index contributed by atoms with van der Waals surface area (Å²) in [6.45, 7) is 0.427. The standard InChI is InChI=1S/C18H18F2N2O2S.ClH/c19-12-7-13(20)9-16(8-12)24-15-3-1-11(2-4-15)17-18(23)22-14(10-21)5-6-25-17;/h1-4,7-9,14,17H,5-6,10,21H2,(H,22,23);1H/t14-,17+;/m0./s1. The fraction of sp³-hybridized carbons (Fsp3) is 0.278. The second kappa shape index (κ2) is 9.21. The van der Waals surface area contributed by atoms with E-state index in [4.69, 9.17) is 10.5 Å². The third kappa shape index (κ3) is 5.09. The number of nitrogens with two attached hydrogens (primary N) is 1. The van der Waals surface area contributed by atoms with E-state index in [0.29, 0.717) is 12.3 Å². The Morgan fingerprint density at radius 2 is 1.77 bits per heavy atom. The van der Waals surface area contributed by atoms with Crippen molar-refractivity contribution in [3.63, 3.8) is 0 Å². The van der Waals surface area contributed by atoms with Crippen molar-refractivity contribution in [2.75, 3.05) is 12.3 Å². The van der Waals surface area contributed by atoms with Crippen LogP contribution in [0.3, 0.4) is 0 Å². The van der Waals surface area contributed by atoms with E-state index in [-0.39, 0.29) is 35.4 Å². The molecule has 0 aromatic heterocycles. The topological polar surface area (TPSA) is 64.3 Å². The van der Waals surface area contributed by atoms with Gasteiger partial charge < -0.3 is 15.8 Å². The number of nitrogens with one attached hydrogen (secondary N) is 1. The normalized spacial score (nSPS) is 19.9. The van der Waals surface area contributed by atoms with Gasteiger partial charge in [0.2, 0.25) is 5.91 Å². The van der Waals surface area contributed by atoms with E-state index in [2.05, 4.69) is 5.32 Å². The molecule has 1 heterocycles. The molecule has 2 atom stereocenters. The maximum Gasteiger partial charge on any atom is 0.237 e. The van der Waals surface area contributed by atoms with Crippen molar-refractivity contribution in [2.24, 2.45) is 5.73 Å². The average molecular weight is 401 g/mol. The zero-order chi connectivity index (χ0) is 17.8. The van der Waals surface area contributed by atoms with Gasteiger partial charge in [0, 0.05) is 30.8 Å². The third-order valence-electron chi connectivity index (χ3n) is 3.87. The molecule has 1 fully saturated rings. The molecule has 0 aliphatic carbocycles. The summed E-state index contributed by atoms with van der Waals surface area (Å²) in [5, 5.41) is 2.64. The molecule has 0 saturated carbocycles. The summed E-state index contributed by atoms with van der Waals surface area (Å²) in [5.41, 5.74) is 6.48. The van der Waals surface area contributed by atoms with Crippen LogP contribution >= 0.6 is 24.2 Å². The third-order valence-corrected chi connectivity index (χ3v) is 5.17. The SMILES string of the molecule is Cl.NC[C@@H]1CCS[C@H](c2ccc(Oc3cc(F)cc(F)c3)cc2)C(=O)N1. The molecule has 1 aliphatic heterocycles. The van der Waals surface area contributed by atoms with Crippen LogP contribution in [0.15, 0.2) is 42.5 Å². The zero-order valence-electron chi connectivity index (χ0n) is 13.8. The van der Waals surface area contributed by atoms with Crippen molar-refractivity contribution in [3.8, 4) is 11.5 Å². The van der Waals surface area contributed by atoms with Crippen LogP contribution < -0.4 is 15.8 Å². The van der Waals surface area contributed by atoms with Crippen LogP contribution in [-0.4, -0.2) is 24.2 Å². The quantitative estimate of drug-likeness (QED) is 0.819. The molecule has 0 unspecified atom stereocenters. The van der Waals surface area contributed by atoms with E-state index in [1.165, 1.54) is 0 Å². The number of halogens is 3. The maximum absolute atomic E-state index is 13.2. The van der Waals surface area contributed by atoms with E-state index < -0.39 is 11.6 Å². The van der Waals surface area contributed by atoms with E-state index in [9.17, 15) is 13.6 Å². The Morgan fingerprint density at radius 3 is 2.38 bits per heavy atom. The second-order valence-corrected chi connectivity index (χ2v) is 6.97. The molecule has 0 bridgehead atoms. The molecule has 26 heavy (non-hydrogen) atoms. The highest BCUT2D eigenvalue weighted by molar-refractivity contribution is 8.00. The molecule has 2 aromatic rings. The number of rotatable bonds is 4. The van der Waals surface area contributed by atoms with Crippen LogP contribution in [-0.2, 0) is 4.79 Å². The molecule has 1 saturated heterocycles. The van der Waals surface area contributed by atoms with Gasteiger partial charge in [-0.1, -0.05) is 12.1 Å². The summed E-state index contributed by atoms with van der Waals surface area (Å²) in [7, 11) is 0. The number of ether oxygens (including phenoxy) is 1. The molecule has 1 aliphatic rings. The Balaban J connectivity index is 0.00000243. The van der Waals surface area contributed by atoms with Crippen LogP contribution in [0.2, 0.25) is 0 Å². The molecule has 4 nitrogen and oxygen atoms in total. The molecule has 2 aromatic carbocycles.